The topological polar surface area (TPSA) is 59.0 Å². The highest BCUT2D eigenvalue weighted by Gasteiger charge is 2.47. The standard InChI is InChI=1S/C30H29ClN2O3/c1-19(34)33-25-12-8-7-11-23(25)32-24-16-30(2,3)17-26(35)28(24)29(33)21-13-14-27(22(31)15-21)36-18-20-9-5-4-6-10-20/h4-15,28-29H,16-18H2,1-3H3. The van der Waals surface area contributed by atoms with Crippen LogP contribution in [-0.4, -0.2) is 17.4 Å². The number of fused-ring (bicyclic) bond motifs is 2. The van der Waals surface area contributed by atoms with E-state index in [1.807, 2.05) is 72.8 Å². The zero-order valence-corrected chi connectivity index (χ0v) is 21.5. The number of amides is 1. The molecule has 1 fully saturated rings. The van der Waals surface area contributed by atoms with E-state index in [-0.39, 0.29) is 17.1 Å². The van der Waals surface area contributed by atoms with Gasteiger partial charge in [-0.3, -0.25) is 14.6 Å². The number of halogens is 1. The Labute approximate surface area is 216 Å². The fourth-order valence-corrected chi connectivity index (χ4v) is 5.62. The van der Waals surface area contributed by atoms with Gasteiger partial charge in [0, 0.05) is 19.1 Å². The van der Waals surface area contributed by atoms with E-state index in [1.54, 1.807) is 4.90 Å². The van der Waals surface area contributed by atoms with Crippen LogP contribution < -0.4 is 9.64 Å². The molecule has 0 saturated heterocycles. The van der Waals surface area contributed by atoms with Gasteiger partial charge in [-0.15, -0.1) is 0 Å². The van der Waals surface area contributed by atoms with Crippen molar-refractivity contribution in [1.29, 1.82) is 0 Å². The first-order chi connectivity index (χ1) is 17.2. The van der Waals surface area contributed by atoms with Gasteiger partial charge in [0.15, 0.2) is 0 Å². The maximum atomic E-state index is 13.6. The summed E-state index contributed by atoms with van der Waals surface area (Å²) >= 11 is 6.70. The summed E-state index contributed by atoms with van der Waals surface area (Å²) in [5.41, 5.74) is 3.85. The minimum absolute atomic E-state index is 0.0922. The van der Waals surface area contributed by atoms with Crippen LogP contribution in [0.2, 0.25) is 5.02 Å². The summed E-state index contributed by atoms with van der Waals surface area (Å²) < 4.78 is 5.97. The molecule has 0 bridgehead atoms. The molecule has 5 rings (SSSR count). The third-order valence-corrected chi connectivity index (χ3v) is 7.19. The second-order valence-electron chi connectivity index (χ2n) is 10.4. The zero-order valence-electron chi connectivity index (χ0n) is 20.7. The molecule has 0 N–H and O–H groups in total. The Kier molecular flexibility index (Phi) is 6.44. The number of aliphatic imine (C=N–C) groups is 1. The second-order valence-corrected chi connectivity index (χ2v) is 10.8. The average Bonchev–Trinajstić information content (AvgIpc) is 2.97. The molecular formula is C30H29ClN2O3. The first-order valence-corrected chi connectivity index (χ1v) is 12.6. The highest BCUT2D eigenvalue weighted by Crippen LogP contribution is 2.48. The summed E-state index contributed by atoms with van der Waals surface area (Å²) in [6.45, 7) is 6.11. The Morgan fingerprint density at radius 1 is 1.06 bits per heavy atom. The van der Waals surface area contributed by atoms with E-state index in [1.165, 1.54) is 6.92 Å². The minimum atomic E-state index is -0.547. The number of nitrogens with zero attached hydrogens (tertiary/aromatic N) is 2. The molecule has 6 heteroatoms. The van der Waals surface area contributed by atoms with E-state index in [0.717, 1.165) is 16.8 Å². The smallest absolute Gasteiger partial charge is 0.224 e. The summed E-state index contributed by atoms with van der Waals surface area (Å²) in [6.07, 6.45) is 1.12. The Hall–Kier alpha value is -3.44. The number of hydrogen-bond donors (Lipinski definition) is 0. The number of para-hydroxylation sites is 2. The normalized spacial score (nSPS) is 20.6. The van der Waals surface area contributed by atoms with Gasteiger partial charge in [-0.05, 0) is 47.2 Å². The van der Waals surface area contributed by atoms with E-state index in [9.17, 15) is 9.59 Å². The lowest BCUT2D eigenvalue weighted by Crippen LogP contribution is -2.46. The van der Waals surface area contributed by atoms with Gasteiger partial charge in [0.25, 0.3) is 0 Å². The van der Waals surface area contributed by atoms with Crippen LogP contribution in [0.5, 0.6) is 5.75 Å². The fraction of sp³-hybridized carbons (Fsp3) is 0.300. The van der Waals surface area contributed by atoms with Crippen LogP contribution in [0.15, 0.2) is 77.8 Å². The fourth-order valence-electron chi connectivity index (χ4n) is 5.37. The largest absolute Gasteiger partial charge is 0.487 e. The molecule has 0 radical (unpaired) electrons. The van der Waals surface area contributed by atoms with Gasteiger partial charge < -0.3 is 9.64 Å². The predicted octanol–water partition coefficient (Wildman–Crippen LogP) is 7.10. The lowest BCUT2D eigenvalue weighted by atomic mass is 9.68. The van der Waals surface area contributed by atoms with Gasteiger partial charge in [-0.2, -0.15) is 0 Å². The summed E-state index contributed by atoms with van der Waals surface area (Å²) in [6, 6.07) is 22.5. The van der Waals surface area contributed by atoms with Crippen molar-refractivity contribution < 1.29 is 14.3 Å². The molecule has 1 saturated carbocycles. The van der Waals surface area contributed by atoms with E-state index in [0.29, 0.717) is 41.6 Å². The number of carbonyl (C=O) groups excluding carboxylic acids is 2. The summed E-state index contributed by atoms with van der Waals surface area (Å²) in [5.74, 6) is -0.0456. The molecule has 5 nitrogen and oxygen atoms in total. The highest BCUT2D eigenvalue weighted by molar-refractivity contribution is 6.32. The summed E-state index contributed by atoms with van der Waals surface area (Å²) in [4.78, 5) is 33.4. The van der Waals surface area contributed by atoms with E-state index < -0.39 is 12.0 Å². The van der Waals surface area contributed by atoms with Gasteiger partial charge >= 0.3 is 0 Å². The second kappa shape index (κ2) is 9.55. The molecule has 184 valence electrons. The van der Waals surface area contributed by atoms with Crippen LogP contribution in [0.3, 0.4) is 0 Å². The van der Waals surface area contributed by atoms with E-state index >= 15 is 0 Å². The van der Waals surface area contributed by atoms with Crippen molar-refractivity contribution in [3.63, 3.8) is 0 Å². The third kappa shape index (κ3) is 4.68. The van der Waals surface area contributed by atoms with Crippen molar-refractivity contribution in [2.45, 2.75) is 46.3 Å². The molecular weight excluding hydrogens is 472 g/mol. The monoisotopic (exact) mass is 500 g/mol. The Balaban J connectivity index is 1.58. The molecule has 2 atom stereocenters. The van der Waals surface area contributed by atoms with Crippen LogP contribution in [0.1, 0.15) is 50.8 Å². The molecule has 3 aromatic carbocycles. The molecule has 2 aliphatic rings. The number of ether oxygens (including phenoxy) is 1. The van der Waals surface area contributed by atoms with Crippen molar-refractivity contribution >= 4 is 40.4 Å². The first kappa shape index (κ1) is 24.3. The van der Waals surface area contributed by atoms with Crippen LogP contribution in [-0.2, 0) is 16.2 Å². The van der Waals surface area contributed by atoms with Crippen molar-refractivity contribution in [2.75, 3.05) is 4.90 Å². The molecule has 3 aromatic rings. The van der Waals surface area contributed by atoms with Crippen molar-refractivity contribution in [3.8, 4) is 5.75 Å². The summed E-state index contributed by atoms with van der Waals surface area (Å²) in [5, 5.41) is 0.437. The van der Waals surface area contributed by atoms with Crippen molar-refractivity contribution in [1.82, 2.24) is 0 Å². The van der Waals surface area contributed by atoms with Gasteiger partial charge in [0.1, 0.15) is 18.1 Å². The number of rotatable bonds is 4. The average molecular weight is 501 g/mol. The lowest BCUT2D eigenvalue weighted by Gasteiger charge is -2.40. The molecule has 1 amide bonds. The van der Waals surface area contributed by atoms with Crippen LogP contribution in [0, 0.1) is 11.3 Å². The quantitative estimate of drug-likeness (QED) is 0.383. The maximum absolute atomic E-state index is 13.6. The highest BCUT2D eigenvalue weighted by atomic mass is 35.5. The van der Waals surface area contributed by atoms with E-state index in [2.05, 4.69) is 13.8 Å². The van der Waals surface area contributed by atoms with Crippen LogP contribution in [0.25, 0.3) is 0 Å². The third-order valence-electron chi connectivity index (χ3n) is 6.89. The Bertz CT molecular complexity index is 1350. The molecule has 0 spiro atoms. The Morgan fingerprint density at radius 2 is 1.78 bits per heavy atom. The SMILES string of the molecule is CC(=O)N1c2ccccc2N=C2CC(C)(C)CC(=O)C2C1c1ccc(OCc2ccccc2)c(Cl)c1. The van der Waals surface area contributed by atoms with E-state index in [4.69, 9.17) is 21.3 Å². The number of ketones is 1. The zero-order chi connectivity index (χ0) is 25.4. The van der Waals surface area contributed by atoms with Crippen molar-refractivity contribution in [3.05, 3.63) is 88.9 Å². The number of hydrogen-bond acceptors (Lipinski definition) is 4. The molecule has 36 heavy (non-hydrogen) atoms. The van der Waals surface area contributed by atoms with Crippen LogP contribution in [0.4, 0.5) is 11.4 Å². The summed E-state index contributed by atoms with van der Waals surface area (Å²) in [7, 11) is 0. The van der Waals surface area contributed by atoms with Crippen LogP contribution >= 0.6 is 11.6 Å². The van der Waals surface area contributed by atoms with Crippen molar-refractivity contribution in [2.24, 2.45) is 16.3 Å². The lowest BCUT2D eigenvalue weighted by molar-refractivity contribution is -0.124. The van der Waals surface area contributed by atoms with Gasteiger partial charge in [0.2, 0.25) is 5.91 Å². The number of Topliss-reactive ketones (excluding diaryl/α,β-unsaturated/α-hetero) is 1. The predicted molar refractivity (Wildman–Crippen MR) is 143 cm³/mol. The maximum Gasteiger partial charge on any atom is 0.224 e. The number of anilines is 1. The molecule has 1 aliphatic carbocycles. The first-order valence-electron chi connectivity index (χ1n) is 12.2. The number of carbonyl (C=O) groups is 2. The minimum Gasteiger partial charge on any atom is -0.487 e. The van der Waals surface area contributed by atoms with Gasteiger partial charge in [-0.25, -0.2) is 0 Å². The van der Waals surface area contributed by atoms with Gasteiger partial charge in [0.05, 0.1) is 28.4 Å². The number of benzene rings is 3. The van der Waals surface area contributed by atoms with Gasteiger partial charge in [-0.1, -0.05) is 74.0 Å². The molecule has 2 unspecified atom stereocenters. The molecule has 0 aromatic heterocycles. The molecule has 1 heterocycles. The molecule has 1 aliphatic heterocycles. The Morgan fingerprint density at radius 3 is 2.50 bits per heavy atom.